The second-order valence-corrected chi connectivity index (χ2v) is 5.21. The summed E-state index contributed by atoms with van der Waals surface area (Å²) in [6.45, 7) is 3.80. The minimum Gasteiger partial charge on any atom is -0.460 e. The Kier molecular flexibility index (Phi) is 3.49. The predicted octanol–water partition coefficient (Wildman–Crippen LogP) is 3.84. The van der Waals surface area contributed by atoms with Crippen LogP contribution in [0, 0.1) is 12.7 Å². The molecule has 4 nitrogen and oxygen atoms in total. The summed E-state index contributed by atoms with van der Waals surface area (Å²) in [5, 5.41) is 0. The van der Waals surface area contributed by atoms with Gasteiger partial charge in [-0.05, 0) is 44.4 Å². The van der Waals surface area contributed by atoms with Gasteiger partial charge >= 0.3 is 5.97 Å². The van der Waals surface area contributed by atoms with E-state index in [1.165, 1.54) is 6.07 Å². The van der Waals surface area contributed by atoms with Crippen molar-refractivity contribution in [2.45, 2.75) is 32.6 Å². The van der Waals surface area contributed by atoms with Crippen LogP contribution in [0.25, 0.3) is 11.5 Å². The van der Waals surface area contributed by atoms with Gasteiger partial charge in [-0.15, -0.1) is 0 Å². The minimum absolute atomic E-state index is 0.106. The topological polar surface area (TPSA) is 52.3 Å². The Balaban J connectivity index is 2.03. The first kappa shape index (κ1) is 13.8. The Morgan fingerprint density at radius 3 is 2.86 bits per heavy atom. The van der Waals surface area contributed by atoms with E-state index in [0.717, 1.165) is 18.4 Å². The summed E-state index contributed by atoms with van der Waals surface area (Å²) in [7, 11) is 0. The molecule has 5 heteroatoms. The number of rotatable bonds is 4. The fourth-order valence-corrected chi connectivity index (χ4v) is 2.22. The zero-order chi connectivity index (χ0) is 15.0. The van der Waals surface area contributed by atoms with Gasteiger partial charge in [0.15, 0.2) is 0 Å². The van der Waals surface area contributed by atoms with Crippen LogP contribution in [0.15, 0.2) is 22.6 Å². The third kappa shape index (κ3) is 2.68. The van der Waals surface area contributed by atoms with Crippen LogP contribution >= 0.6 is 0 Å². The van der Waals surface area contributed by atoms with Crippen molar-refractivity contribution in [3.8, 4) is 11.5 Å². The van der Waals surface area contributed by atoms with Crippen LogP contribution < -0.4 is 0 Å². The number of hydrogen-bond acceptors (Lipinski definition) is 4. The monoisotopic (exact) mass is 289 g/mol. The van der Waals surface area contributed by atoms with Gasteiger partial charge < -0.3 is 9.15 Å². The number of carbonyl (C=O) groups is 1. The summed E-state index contributed by atoms with van der Waals surface area (Å²) < 4.78 is 24.5. The van der Waals surface area contributed by atoms with Crippen LogP contribution in [0.2, 0.25) is 0 Å². The van der Waals surface area contributed by atoms with Gasteiger partial charge in [-0.2, -0.15) is 0 Å². The average molecular weight is 289 g/mol. The van der Waals surface area contributed by atoms with Crippen molar-refractivity contribution in [3.63, 3.8) is 0 Å². The van der Waals surface area contributed by atoms with E-state index < -0.39 is 11.8 Å². The highest BCUT2D eigenvalue weighted by molar-refractivity contribution is 5.88. The van der Waals surface area contributed by atoms with Gasteiger partial charge in [0.2, 0.25) is 11.7 Å². The average Bonchev–Trinajstić information content (AvgIpc) is 3.19. The van der Waals surface area contributed by atoms with Gasteiger partial charge in [-0.3, -0.25) is 0 Å². The third-order valence-electron chi connectivity index (χ3n) is 3.43. The number of halogens is 1. The normalized spacial score (nSPS) is 14.2. The zero-order valence-corrected chi connectivity index (χ0v) is 12.0. The van der Waals surface area contributed by atoms with E-state index in [0.29, 0.717) is 5.69 Å². The largest absolute Gasteiger partial charge is 0.460 e. The zero-order valence-electron chi connectivity index (χ0n) is 12.0. The third-order valence-corrected chi connectivity index (χ3v) is 3.43. The Morgan fingerprint density at radius 1 is 1.48 bits per heavy atom. The Hall–Kier alpha value is -2.17. The van der Waals surface area contributed by atoms with Crippen molar-refractivity contribution in [3.05, 3.63) is 41.0 Å². The van der Waals surface area contributed by atoms with Crippen LogP contribution in [0.5, 0.6) is 0 Å². The van der Waals surface area contributed by atoms with Gasteiger partial charge in [0.05, 0.1) is 17.9 Å². The number of esters is 1. The van der Waals surface area contributed by atoms with Crippen molar-refractivity contribution in [2.75, 3.05) is 6.61 Å². The van der Waals surface area contributed by atoms with Crippen molar-refractivity contribution in [1.82, 2.24) is 4.98 Å². The highest BCUT2D eigenvalue weighted by Crippen LogP contribution is 2.42. The lowest BCUT2D eigenvalue weighted by Crippen LogP contribution is -2.05. The molecule has 1 heterocycles. The van der Waals surface area contributed by atoms with E-state index in [9.17, 15) is 9.18 Å². The van der Waals surface area contributed by atoms with E-state index in [-0.39, 0.29) is 29.7 Å². The molecule has 1 aliphatic rings. The molecule has 0 saturated heterocycles. The number of aryl methyl sites for hydroxylation is 1. The van der Waals surface area contributed by atoms with Crippen LogP contribution in [0.1, 0.15) is 47.5 Å². The number of benzene rings is 1. The lowest BCUT2D eigenvalue weighted by Gasteiger charge is -2.00. The Morgan fingerprint density at radius 2 is 2.24 bits per heavy atom. The van der Waals surface area contributed by atoms with Crippen molar-refractivity contribution in [2.24, 2.45) is 0 Å². The standard InChI is InChI=1S/C16H16FNO3/c1-3-20-16(19)14-13(10-5-6-10)18-15(21-14)11-7-4-9(2)8-12(11)17/h4,7-8,10H,3,5-6H2,1-2H3. The quantitative estimate of drug-likeness (QED) is 0.802. The first-order valence-corrected chi connectivity index (χ1v) is 7.04. The lowest BCUT2D eigenvalue weighted by molar-refractivity contribution is 0.0489. The van der Waals surface area contributed by atoms with E-state index in [1.54, 1.807) is 19.1 Å². The first-order chi connectivity index (χ1) is 10.1. The number of carbonyl (C=O) groups excluding carboxylic acids is 1. The van der Waals surface area contributed by atoms with Gasteiger partial charge in [0.25, 0.3) is 0 Å². The van der Waals surface area contributed by atoms with E-state index >= 15 is 0 Å². The number of aromatic nitrogens is 1. The van der Waals surface area contributed by atoms with Crippen molar-refractivity contribution in [1.29, 1.82) is 0 Å². The van der Waals surface area contributed by atoms with Crippen molar-refractivity contribution >= 4 is 5.97 Å². The SMILES string of the molecule is CCOC(=O)c1oc(-c2ccc(C)cc2F)nc1C1CC1. The molecule has 0 bridgehead atoms. The van der Waals surface area contributed by atoms with Gasteiger partial charge in [-0.1, -0.05) is 6.07 Å². The smallest absolute Gasteiger partial charge is 0.376 e. The second-order valence-electron chi connectivity index (χ2n) is 5.21. The van der Waals surface area contributed by atoms with Gasteiger partial charge in [0.1, 0.15) is 5.82 Å². The lowest BCUT2D eigenvalue weighted by atomic mass is 10.1. The molecule has 1 saturated carbocycles. The van der Waals surface area contributed by atoms with Crippen molar-refractivity contribution < 1.29 is 18.3 Å². The fraction of sp³-hybridized carbons (Fsp3) is 0.375. The summed E-state index contributed by atoms with van der Waals surface area (Å²) in [5.41, 5.74) is 1.66. The molecule has 0 spiro atoms. The molecule has 21 heavy (non-hydrogen) atoms. The molecule has 1 aliphatic carbocycles. The van der Waals surface area contributed by atoms with Gasteiger partial charge in [0, 0.05) is 5.92 Å². The second kappa shape index (κ2) is 5.31. The number of oxazole rings is 1. The summed E-state index contributed by atoms with van der Waals surface area (Å²) in [5.74, 6) is -0.484. The molecule has 0 atom stereocenters. The Bertz CT molecular complexity index is 689. The molecule has 110 valence electrons. The number of ether oxygens (including phenoxy) is 1. The van der Waals surface area contributed by atoms with Crippen LogP contribution in [-0.2, 0) is 4.74 Å². The number of hydrogen-bond donors (Lipinski definition) is 0. The molecular weight excluding hydrogens is 273 g/mol. The summed E-state index contributed by atoms with van der Waals surface area (Å²) in [6, 6.07) is 4.81. The molecule has 2 aromatic rings. The summed E-state index contributed by atoms with van der Waals surface area (Å²) >= 11 is 0. The molecule has 1 aromatic heterocycles. The molecular formula is C16H16FNO3. The molecule has 0 unspecified atom stereocenters. The summed E-state index contributed by atoms with van der Waals surface area (Å²) in [4.78, 5) is 16.3. The van der Waals surface area contributed by atoms with Crippen LogP contribution in [0.3, 0.4) is 0 Å². The molecule has 0 N–H and O–H groups in total. The first-order valence-electron chi connectivity index (χ1n) is 7.04. The fourth-order valence-electron chi connectivity index (χ4n) is 2.22. The van der Waals surface area contributed by atoms with E-state index in [4.69, 9.17) is 9.15 Å². The maximum Gasteiger partial charge on any atom is 0.376 e. The highest BCUT2D eigenvalue weighted by Gasteiger charge is 2.34. The summed E-state index contributed by atoms with van der Waals surface area (Å²) in [6.07, 6.45) is 1.93. The maximum absolute atomic E-state index is 14.0. The molecule has 3 rings (SSSR count). The molecule has 0 aliphatic heterocycles. The van der Waals surface area contributed by atoms with E-state index in [2.05, 4.69) is 4.98 Å². The predicted molar refractivity (Wildman–Crippen MR) is 74.6 cm³/mol. The van der Waals surface area contributed by atoms with Crippen LogP contribution in [-0.4, -0.2) is 17.6 Å². The number of nitrogens with zero attached hydrogens (tertiary/aromatic N) is 1. The van der Waals surface area contributed by atoms with E-state index in [1.807, 2.05) is 6.92 Å². The van der Waals surface area contributed by atoms with Gasteiger partial charge in [-0.25, -0.2) is 14.2 Å². The van der Waals surface area contributed by atoms with Crippen LogP contribution in [0.4, 0.5) is 4.39 Å². The molecule has 0 amide bonds. The molecule has 1 aromatic carbocycles. The maximum atomic E-state index is 14.0. The minimum atomic E-state index is -0.536. The Labute approximate surface area is 121 Å². The highest BCUT2D eigenvalue weighted by atomic mass is 19.1. The molecule has 0 radical (unpaired) electrons. The molecule has 1 fully saturated rings.